The van der Waals surface area contributed by atoms with Gasteiger partial charge in [0.1, 0.15) is 5.82 Å². The van der Waals surface area contributed by atoms with Crippen LogP contribution in [-0.2, 0) is 0 Å². The Morgan fingerprint density at radius 2 is 1.29 bits per heavy atom. The third kappa shape index (κ3) is 7.33. The molecule has 2 saturated carbocycles. The summed E-state index contributed by atoms with van der Waals surface area (Å²) in [7, 11) is 0. The van der Waals surface area contributed by atoms with Crippen molar-refractivity contribution in [3.05, 3.63) is 58.9 Å². The highest BCUT2D eigenvalue weighted by molar-refractivity contribution is 6.30. The molecular weight excluding hydrogens is 439 g/mol. The van der Waals surface area contributed by atoms with Gasteiger partial charge in [0.15, 0.2) is 0 Å². The topological polar surface area (TPSA) is 0 Å². The minimum Gasteiger partial charge on any atom is -0.206 e. The predicted molar refractivity (Wildman–Crippen MR) is 145 cm³/mol. The van der Waals surface area contributed by atoms with Crippen LogP contribution in [-0.4, -0.2) is 0 Å². The van der Waals surface area contributed by atoms with Crippen LogP contribution in [0.5, 0.6) is 0 Å². The summed E-state index contributed by atoms with van der Waals surface area (Å²) in [6, 6.07) is 13.3. The lowest BCUT2D eigenvalue weighted by Crippen LogP contribution is -2.18. The van der Waals surface area contributed by atoms with Crippen molar-refractivity contribution >= 4 is 11.6 Å². The van der Waals surface area contributed by atoms with Gasteiger partial charge in [0.05, 0.1) is 0 Å². The molecule has 0 radical (unpaired) electrons. The molecule has 0 heterocycles. The van der Waals surface area contributed by atoms with Crippen LogP contribution in [0.1, 0.15) is 115 Å². The van der Waals surface area contributed by atoms with Gasteiger partial charge in [0.2, 0.25) is 0 Å². The molecule has 2 aliphatic rings. The highest BCUT2D eigenvalue weighted by Crippen LogP contribution is 2.41. The van der Waals surface area contributed by atoms with Crippen molar-refractivity contribution in [1.82, 2.24) is 0 Å². The van der Waals surface area contributed by atoms with Crippen LogP contribution in [0.25, 0.3) is 11.1 Å². The molecule has 2 fully saturated rings. The van der Waals surface area contributed by atoms with E-state index in [0.29, 0.717) is 16.5 Å². The molecule has 2 aromatic carbocycles. The Morgan fingerprint density at radius 1 is 0.706 bits per heavy atom. The van der Waals surface area contributed by atoms with Crippen LogP contribution < -0.4 is 0 Å². The summed E-state index contributed by atoms with van der Waals surface area (Å²) in [5, 5.41) is 0.683. The van der Waals surface area contributed by atoms with Gasteiger partial charge in [-0.2, -0.15) is 0 Å². The molecule has 2 aromatic rings. The minimum atomic E-state index is -0.108. The molecule has 0 atom stereocenters. The molecule has 2 aliphatic carbocycles. The Morgan fingerprint density at radius 3 is 1.88 bits per heavy atom. The fourth-order valence-electron chi connectivity index (χ4n) is 6.57. The van der Waals surface area contributed by atoms with E-state index in [4.69, 9.17) is 11.6 Å². The Balaban J connectivity index is 1.17. The van der Waals surface area contributed by atoms with Gasteiger partial charge in [-0.1, -0.05) is 113 Å². The predicted octanol–water partition coefficient (Wildman–Crippen LogP) is 11.0. The molecule has 0 amide bonds. The lowest BCUT2D eigenvalue weighted by atomic mass is 9.74. The van der Waals surface area contributed by atoms with Crippen LogP contribution in [0.4, 0.5) is 4.39 Å². The van der Waals surface area contributed by atoms with Crippen molar-refractivity contribution in [3.63, 3.8) is 0 Å². The van der Waals surface area contributed by atoms with Gasteiger partial charge in [0, 0.05) is 10.6 Å². The van der Waals surface area contributed by atoms with Crippen molar-refractivity contribution in [3.8, 4) is 11.1 Å². The maximum absolute atomic E-state index is 14.9. The lowest BCUT2D eigenvalue weighted by Gasteiger charge is -2.32. The number of halogens is 2. The molecule has 34 heavy (non-hydrogen) atoms. The van der Waals surface area contributed by atoms with Gasteiger partial charge in [0.25, 0.3) is 0 Å². The molecule has 0 spiro atoms. The van der Waals surface area contributed by atoms with Gasteiger partial charge in [-0.15, -0.1) is 0 Å². The first-order valence-electron chi connectivity index (χ1n) is 14.2. The summed E-state index contributed by atoms with van der Waals surface area (Å²) in [4.78, 5) is 0. The van der Waals surface area contributed by atoms with Crippen LogP contribution in [0, 0.1) is 23.6 Å². The molecule has 2 heteroatoms. The normalized spacial score (nSPS) is 25.4. The number of hydrogen-bond donors (Lipinski definition) is 0. The maximum Gasteiger partial charge on any atom is 0.131 e. The van der Waals surface area contributed by atoms with E-state index < -0.39 is 0 Å². The molecule has 0 aliphatic heterocycles. The number of unbranched alkanes of at least 4 members (excludes halogenated alkanes) is 3. The Kier molecular flexibility index (Phi) is 9.92. The molecule has 4 rings (SSSR count). The van der Waals surface area contributed by atoms with Crippen LogP contribution in [0.15, 0.2) is 42.5 Å². The van der Waals surface area contributed by atoms with E-state index in [-0.39, 0.29) is 5.82 Å². The number of hydrogen-bond acceptors (Lipinski definition) is 0. The first-order valence-corrected chi connectivity index (χ1v) is 14.6. The molecular formula is C32H44ClF. The maximum atomic E-state index is 14.9. The zero-order valence-corrected chi connectivity index (χ0v) is 22.0. The van der Waals surface area contributed by atoms with E-state index in [2.05, 4.69) is 13.0 Å². The summed E-state index contributed by atoms with van der Waals surface area (Å²) in [5.74, 6) is 3.31. The van der Waals surface area contributed by atoms with Crippen molar-refractivity contribution in [2.75, 3.05) is 0 Å². The van der Waals surface area contributed by atoms with Crippen LogP contribution >= 0.6 is 11.6 Å². The number of rotatable bonds is 10. The molecule has 0 nitrogen and oxygen atoms in total. The summed E-state index contributed by atoms with van der Waals surface area (Å²) in [6.45, 7) is 2.30. The summed E-state index contributed by atoms with van der Waals surface area (Å²) >= 11 is 5.98. The minimum absolute atomic E-state index is 0.108. The smallest absolute Gasteiger partial charge is 0.131 e. The zero-order chi connectivity index (χ0) is 23.8. The van der Waals surface area contributed by atoms with E-state index in [1.165, 1.54) is 102 Å². The molecule has 0 aromatic heterocycles. The monoisotopic (exact) mass is 482 g/mol. The molecule has 0 saturated heterocycles. The second kappa shape index (κ2) is 13.1. The first-order chi connectivity index (χ1) is 16.6. The summed E-state index contributed by atoms with van der Waals surface area (Å²) in [5.41, 5.74) is 2.75. The zero-order valence-electron chi connectivity index (χ0n) is 21.2. The number of benzene rings is 2. The molecule has 186 valence electrons. The molecule has 0 bridgehead atoms. The van der Waals surface area contributed by atoms with Gasteiger partial charge in [-0.3, -0.25) is 0 Å². The van der Waals surface area contributed by atoms with Crippen molar-refractivity contribution in [2.24, 2.45) is 17.8 Å². The Bertz CT molecular complexity index is 857. The van der Waals surface area contributed by atoms with Gasteiger partial charge >= 0.3 is 0 Å². The third-order valence-corrected chi connectivity index (χ3v) is 9.13. The average molecular weight is 483 g/mol. The SMILES string of the molecule is CCCCCC[C@H]1CC[C@H](CC[C@H]2CC[C@H](c3ccc(-c4ccc(Cl)cc4)c(F)c3)CC2)CC1. The van der Waals surface area contributed by atoms with Crippen molar-refractivity contribution in [2.45, 2.75) is 109 Å². The molecule has 0 unspecified atom stereocenters. The quantitative estimate of drug-likeness (QED) is 0.295. The average Bonchev–Trinajstić information content (AvgIpc) is 2.87. The fourth-order valence-corrected chi connectivity index (χ4v) is 6.70. The standard InChI is InChI=1S/C32H44ClF/c1-2-3-4-5-6-24-7-9-25(10-8-24)11-12-26-13-15-27(16-14-26)29-19-22-31(32(34)23-29)28-17-20-30(33)21-18-28/h17-27H,2-16H2,1H3/t24-,25-,26-,27-. The second-order valence-corrected chi connectivity index (χ2v) is 11.7. The third-order valence-electron chi connectivity index (χ3n) is 8.88. The van der Waals surface area contributed by atoms with Gasteiger partial charge < -0.3 is 0 Å². The van der Waals surface area contributed by atoms with E-state index >= 15 is 0 Å². The second-order valence-electron chi connectivity index (χ2n) is 11.3. The van der Waals surface area contributed by atoms with Crippen LogP contribution in [0.3, 0.4) is 0 Å². The van der Waals surface area contributed by atoms with Crippen molar-refractivity contribution in [1.29, 1.82) is 0 Å². The van der Waals surface area contributed by atoms with E-state index in [1.54, 1.807) is 6.07 Å². The first kappa shape index (κ1) is 25.7. The van der Waals surface area contributed by atoms with E-state index in [9.17, 15) is 4.39 Å². The Hall–Kier alpha value is -1.34. The summed E-state index contributed by atoms with van der Waals surface area (Å²) in [6.07, 6.45) is 21.0. The summed E-state index contributed by atoms with van der Waals surface area (Å²) < 4.78 is 14.9. The largest absolute Gasteiger partial charge is 0.206 e. The van der Waals surface area contributed by atoms with Gasteiger partial charge in [-0.05, 0) is 78.7 Å². The lowest BCUT2D eigenvalue weighted by molar-refractivity contribution is 0.222. The highest BCUT2D eigenvalue weighted by atomic mass is 35.5. The van der Waals surface area contributed by atoms with Crippen molar-refractivity contribution < 1.29 is 4.39 Å². The Labute approximate surface area is 212 Å². The van der Waals surface area contributed by atoms with Crippen LogP contribution in [0.2, 0.25) is 5.02 Å². The molecule has 0 N–H and O–H groups in total. The van der Waals surface area contributed by atoms with E-state index in [1.807, 2.05) is 30.3 Å². The van der Waals surface area contributed by atoms with Gasteiger partial charge in [-0.25, -0.2) is 4.39 Å². The fraction of sp³-hybridized carbons (Fsp3) is 0.625. The van der Waals surface area contributed by atoms with E-state index in [0.717, 1.165) is 23.3 Å². The highest BCUT2D eigenvalue weighted by Gasteiger charge is 2.25.